The molecule has 3 nitrogen and oxygen atoms in total. The van der Waals surface area contributed by atoms with Crippen LogP contribution in [0.25, 0.3) is 0 Å². The van der Waals surface area contributed by atoms with Crippen LogP contribution in [0.2, 0.25) is 0 Å². The maximum absolute atomic E-state index is 15.2. The lowest BCUT2D eigenvalue weighted by Gasteiger charge is -2.43. The Morgan fingerprint density at radius 3 is 1.19 bits per heavy atom. The first-order valence-electron chi connectivity index (χ1n) is 18.2. The molecule has 0 saturated carbocycles. The van der Waals surface area contributed by atoms with Crippen molar-refractivity contribution < 1.29 is 23.0 Å². The molecular weight excluding hydrogens is 663 g/mol. The summed E-state index contributed by atoms with van der Waals surface area (Å²) in [4.78, 5) is 0. The number of aryl methyl sites for hydroxylation is 2. The van der Waals surface area contributed by atoms with Gasteiger partial charge in [-0.05, 0) is 97.5 Å². The maximum atomic E-state index is 15.2. The average Bonchev–Trinajstić information content (AvgIpc) is 3.15. The van der Waals surface area contributed by atoms with Crippen molar-refractivity contribution in [3.63, 3.8) is 0 Å². The summed E-state index contributed by atoms with van der Waals surface area (Å²) in [5, 5.41) is 0. The van der Waals surface area contributed by atoms with Crippen LogP contribution < -0.4 is 9.47 Å². The van der Waals surface area contributed by atoms with Crippen molar-refractivity contribution in [3.8, 4) is 23.0 Å². The molecule has 6 aromatic carbocycles. The van der Waals surface area contributed by atoms with Crippen molar-refractivity contribution >= 4 is 0 Å². The molecule has 0 N–H and O–H groups in total. The molecule has 0 aliphatic carbocycles. The molecule has 0 radical (unpaired) electrons. The molecule has 0 bridgehead atoms. The lowest BCUT2D eigenvalue weighted by Crippen LogP contribution is -2.46. The van der Waals surface area contributed by atoms with Crippen molar-refractivity contribution in [2.75, 3.05) is 0 Å². The van der Waals surface area contributed by atoms with Crippen LogP contribution in [0.1, 0.15) is 61.1 Å². The van der Waals surface area contributed by atoms with Gasteiger partial charge in [-0.25, -0.2) is 8.78 Å². The van der Waals surface area contributed by atoms with Gasteiger partial charge in [0.1, 0.15) is 11.5 Å². The third-order valence-electron chi connectivity index (χ3n) is 10.3. The Balaban J connectivity index is 1.40. The highest BCUT2D eigenvalue weighted by atomic mass is 19.1. The van der Waals surface area contributed by atoms with Crippen LogP contribution in [-0.4, -0.2) is 12.2 Å². The zero-order chi connectivity index (χ0) is 37.6. The molecule has 5 heteroatoms. The van der Waals surface area contributed by atoms with E-state index in [1.807, 2.05) is 72.8 Å². The molecule has 6 rings (SSSR count). The molecule has 272 valence electrons. The van der Waals surface area contributed by atoms with Crippen molar-refractivity contribution in [2.45, 2.75) is 77.4 Å². The van der Waals surface area contributed by atoms with Crippen LogP contribution in [0, 0.1) is 25.5 Å². The van der Waals surface area contributed by atoms with E-state index in [4.69, 9.17) is 14.2 Å². The summed E-state index contributed by atoms with van der Waals surface area (Å²) in [6.45, 7) is 13.0. The van der Waals surface area contributed by atoms with E-state index in [1.54, 1.807) is 12.1 Å². The summed E-state index contributed by atoms with van der Waals surface area (Å²) >= 11 is 0. The number of hydrogen-bond donors (Lipinski definition) is 0. The molecule has 2 atom stereocenters. The molecule has 0 spiro atoms. The third kappa shape index (κ3) is 9.22. The summed E-state index contributed by atoms with van der Waals surface area (Å²) in [6.07, 6.45) is 0.239. The van der Waals surface area contributed by atoms with Gasteiger partial charge in [-0.2, -0.15) is 0 Å². The molecule has 0 heterocycles. The molecule has 0 aromatic heterocycles. The highest BCUT2D eigenvalue weighted by Crippen LogP contribution is 2.39. The van der Waals surface area contributed by atoms with Crippen LogP contribution in [0.4, 0.5) is 8.78 Å². The number of rotatable bonds is 14. The summed E-state index contributed by atoms with van der Waals surface area (Å²) in [5.41, 5.74) is 5.41. The van der Waals surface area contributed by atoms with Crippen molar-refractivity contribution in [2.24, 2.45) is 0 Å². The Bertz CT molecular complexity index is 1940. The van der Waals surface area contributed by atoms with Gasteiger partial charge in [-0.15, -0.1) is 0 Å². The molecule has 2 unspecified atom stereocenters. The van der Waals surface area contributed by atoms with E-state index in [-0.39, 0.29) is 23.7 Å². The van der Waals surface area contributed by atoms with Crippen LogP contribution >= 0.6 is 0 Å². The maximum Gasteiger partial charge on any atom is 0.165 e. The SMILES string of the molecule is Cc1ccc(C(C)(C)C(Cc2ccc(F)c(Oc3ccccc3)c2)OC(Cc2ccc(F)c(Oc3ccccc3)c2)C(C)(C)c2ccc(C)cc2)cc1. The first-order valence-corrected chi connectivity index (χ1v) is 18.2. The first-order chi connectivity index (χ1) is 25.4. The van der Waals surface area contributed by atoms with E-state index < -0.39 is 22.5 Å². The molecule has 6 aromatic rings. The predicted molar refractivity (Wildman–Crippen MR) is 210 cm³/mol. The number of halogens is 2. The van der Waals surface area contributed by atoms with Gasteiger partial charge in [0.15, 0.2) is 23.1 Å². The van der Waals surface area contributed by atoms with Gasteiger partial charge in [0.2, 0.25) is 0 Å². The molecule has 0 amide bonds. The molecule has 0 aliphatic heterocycles. The number of para-hydroxylation sites is 2. The Morgan fingerprint density at radius 2 is 0.830 bits per heavy atom. The second kappa shape index (κ2) is 16.2. The highest BCUT2D eigenvalue weighted by molar-refractivity contribution is 5.39. The summed E-state index contributed by atoms with van der Waals surface area (Å²) < 4.78 is 49.8. The van der Waals surface area contributed by atoms with Crippen LogP contribution in [0.15, 0.2) is 146 Å². The average molecular weight is 711 g/mol. The van der Waals surface area contributed by atoms with E-state index in [1.165, 1.54) is 23.3 Å². The molecule has 53 heavy (non-hydrogen) atoms. The van der Waals surface area contributed by atoms with Gasteiger partial charge in [0.25, 0.3) is 0 Å². The first kappa shape index (κ1) is 37.5. The fourth-order valence-corrected chi connectivity index (χ4v) is 6.65. The van der Waals surface area contributed by atoms with Crippen LogP contribution in [-0.2, 0) is 28.4 Å². The second-order valence-electron chi connectivity index (χ2n) is 15.1. The van der Waals surface area contributed by atoms with Gasteiger partial charge in [-0.1, -0.05) is 136 Å². The largest absolute Gasteiger partial charge is 0.454 e. The van der Waals surface area contributed by atoms with Gasteiger partial charge in [0.05, 0.1) is 12.2 Å². The van der Waals surface area contributed by atoms with Crippen LogP contribution in [0.5, 0.6) is 23.0 Å². The topological polar surface area (TPSA) is 27.7 Å². The van der Waals surface area contributed by atoms with E-state index in [9.17, 15) is 0 Å². The summed E-state index contributed by atoms with van der Waals surface area (Å²) in [5.74, 6) is 0.577. The van der Waals surface area contributed by atoms with Crippen molar-refractivity contribution in [1.29, 1.82) is 0 Å². The number of hydrogen-bond acceptors (Lipinski definition) is 3. The Morgan fingerprint density at radius 1 is 0.472 bits per heavy atom. The van der Waals surface area contributed by atoms with Gasteiger partial charge < -0.3 is 14.2 Å². The summed E-state index contributed by atoms with van der Waals surface area (Å²) in [6, 6.07) is 45.7. The lowest BCUT2D eigenvalue weighted by molar-refractivity contribution is -0.0753. The minimum absolute atomic E-state index is 0.161. The van der Waals surface area contributed by atoms with Gasteiger partial charge in [-0.3, -0.25) is 0 Å². The van der Waals surface area contributed by atoms with Crippen molar-refractivity contribution in [1.82, 2.24) is 0 Å². The highest BCUT2D eigenvalue weighted by Gasteiger charge is 2.40. The van der Waals surface area contributed by atoms with E-state index in [0.29, 0.717) is 24.3 Å². The lowest BCUT2D eigenvalue weighted by atomic mass is 9.74. The fraction of sp³-hybridized carbons (Fsp3) is 0.250. The smallest absolute Gasteiger partial charge is 0.165 e. The Hall–Kier alpha value is -5.26. The molecular formula is C48H48F2O3. The second-order valence-corrected chi connectivity index (χ2v) is 15.1. The van der Waals surface area contributed by atoms with Gasteiger partial charge in [0, 0.05) is 10.8 Å². The molecule has 0 fully saturated rings. The zero-order valence-corrected chi connectivity index (χ0v) is 31.4. The predicted octanol–water partition coefficient (Wildman–Crippen LogP) is 12.7. The number of benzene rings is 6. The van der Waals surface area contributed by atoms with Crippen molar-refractivity contribution in [3.05, 3.63) is 191 Å². The zero-order valence-electron chi connectivity index (χ0n) is 31.4. The van der Waals surface area contributed by atoms with Crippen LogP contribution in [0.3, 0.4) is 0 Å². The quantitative estimate of drug-likeness (QED) is 0.113. The van der Waals surface area contributed by atoms with Gasteiger partial charge >= 0.3 is 0 Å². The monoisotopic (exact) mass is 710 g/mol. The van der Waals surface area contributed by atoms with E-state index in [2.05, 4.69) is 90.1 Å². The Labute approximate surface area is 313 Å². The Kier molecular flexibility index (Phi) is 11.4. The van der Waals surface area contributed by atoms with E-state index in [0.717, 1.165) is 22.3 Å². The molecule has 0 saturated heterocycles. The molecule has 0 aliphatic rings. The number of ether oxygens (including phenoxy) is 3. The van der Waals surface area contributed by atoms with E-state index >= 15 is 8.78 Å². The normalized spacial score (nSPS) is 13.0. The fourth-order valence-electron chi connectivity index (χ4n) is 6.65. The third-order valence-corrected chi connectivity index (χ3v) is 10.3. The minimum atomic E-state index is -0.478. The standard InChI is InChI=1S/C48H48F2O3/c1-33-17-23-37(24-18-33)47(3,4)45(31-35-21-27-41(49)43(29-35)51-39-13-9-7-10-14-39)53-46(48(5,6)38-25-19-34(2)20-26-38)32-36-22-28-42(50)44(30-36)52-40-15-11-8-12-16-40/h7-30,45-46H,31-32H2,1-6H3. The summed E-state index contributed by atoms with van der Waals surface area (Å²) in [7, 11) is 0. The minimum Gasteiger partial charge on any atom is -0.454 e.